The Hall–Kier alpha value is 0.0249. The Balaban J connectivity index is 2.40. The van der Waals surface area contributed by atoms with E-state index < -0.39 is 0 Å². The molecule has 0 aromatic rings. The third-order valence-electron chi connectivity index (χ3n) is 1.53. The summed E-state index contributed by atoms with van der Waals surface area (Å²) in [5.74, 6) is 0. The van der Waals surface area contributed by atoms with Gasteiger partial charge in [-0.3, -0.25) is 0 Å². The van der Waals surface area contributed by atoms with Gasteiger partial charge in [0.05, 0.1) is 7.85 Å². The highest BCUT2D eigenvalue weighted by Gasteiger charge is 2.21. The lowest BCUT2D eigenvalue weighted by molar-refractivity contribution is 0.623. The van der Waals surface area contributed by atoms with Gasteiger partial charge in [0, 0.05) is 0 Å². The zero-order valence-corrected chi connectivity index (χ0v) is 4.48. The molecule has 0 atom stereocenters. The Morgan fingerprint density at radius 2 is 1.71 bits per heavy atom. The molecule has 1 rings (SSSR count). The van der Waals surface area contributed by atoms with Crippen molar-refractivity contribution >= 4 is 7.85 Å². The van der Waals surface area contributed by atoms with Crippen LogP contribution in [0.2, 0.25) is 0 Å². The quantitative estimate of drug-likeness (QED) is 0.432. The van der Waals surface area contributed by atoms with Gasteiger partial charge in [-0.05, 0) is 18.3 Å². The minimum Gasteiger partial charge on any atom is -0.333 e. The second-order valence-corrected chi connectivity index (χ2v) is 2.44. The van der Waals surface area contributed by atoms with Crippen LogP contribution in [-0.2, 0) is 0 Å². The van der Waals surface area contributed by atoms with Gasteiger partial charge in [0.15, 0.2) is 0 Å². The zero-order valence-electron chi connectivity index (χ0n) is 4.48. The summed E-state index contributed by atoms with van der Waals surface area (Å²) in [4.78, 5) is 0. The maximum Gasteiger partial charge on any atom is 0.0950 e. The highest BCUT2D eigenvalue weighted by atomic mass is 14.7. The van der Waals surface area contributed by atoms with Gasteiger partial charge in [0.2, 0.25) is 0 Å². The van der Waals surface area contributed by atoms with E-state index in [1.54, 1.807) is 0 Å². The fraction of sp³-hybridized carbons (Fsp3) is 1.00. The molecule has 7 heavy (non-hydrogen) atoms. The van der Waals surface area contributed by atoms with Crippen molar-refractivity contribution in [3.8, 4) is 0 Å². The number of hydrogen-bond donors (Lipinski definition) is 1. The first-order valence-electron chi connectivity index (χ1n) is 2.78. The third-order valence-corrected chi connectivity index (χ3v) is 1.53. The molecule has 0 unspecified atom stereocenters. The second kappa shape index (κ2) is 1.51. The van der Waals surface area contributed by atoms with Gasteiger partial charge in [0.1, 0.15) is 0 Å². The van der Waals surface area contributed by atoms with E-state index in [1.165, 1.54) is 12.8 Å². The van der Waals surface area contributed by atoms with E-state index in [1.807, 2.05) is 0 Å². The SMILES string of the molecule is [B]C1(N)CCCC1. The molecule has 1 nitrogen and oxygen atoms in total. The minimum absolute atomic E-state index is 0.306. The van der Waals surface area contributed by atoms with E-state index in [0.29, 0.717) is 0 Å². The van der Waals surface area contributed by atoms with E-state index in [9.17, 15) is 0 Å². The summed E-state index contributed by atoms with van der Waals surface area (Å²) in [6.45, 7) is 0. The summed E-state index contributed by atoms with van der Waals surface area (Å²) >= 11 is 0. The average Bonchev–Trinajstić information content (AvgIpc) is 1.84. The predicted octanol–water partition coefficient (Wildman–Crippen LogP) is 0.384. The van der Waals surface area contributed by atoms with Gasteiger partial charge in [-0.2, -0.15) is 0 Å². The first kappa shape index (κ1) is 5.17. The van der Waals surface area contributed by atoms with Gasteiger partial charge < -0.3 is 5.73 Å². The van der Waals surface area contributed by atoms with Crippen LogP contribution in [0.1, 0.15) is 25.7 Å². The van der Waals surface area contributed by atoms with E-state index in [4.69, 9.17) is 13.6 Å². The number of nitrogens with two attached hydrogens (primary N) is 1. The van der Waals surface area contributed by atoms with Gasteiger partial charge in [-0.15, -0.1) is 0 Å². The van der Waals surface area contributed by atoms with Crippen molar-refractivity contribution in [2.45, 2.75) is 31.1 Å². The maximum absolute atomic E-state index is 5.56. The second-order valence-electron chi connectivity index (χ2n) is 2.44. The molecule has 0 amide bonds. The average molecular weight is 95.0 g/mol. The topological polar surface area (TPSA) is 26.0 Å². The van der Waals surface area contributed by atoms with Crippen molar-refractivity contribution in [1.29, 1.82) is 0 Å². The standard InChI is InChI=1S/C5H10BN/c6-5(7)3-1-2-4-5/h1-4,7H2. The van der Waals surface area contributed by atoms with Crippen LogP contribution in [0.5, 0.6) is 0 Å². The molecule has 2 N–H and O–H groups in total. The smallest absolute Gasteiger partial charge is 0.0950 e. The zero-order chi connectivity index (χ0) is 5.33. The van der Waals surface area contributed by atoms with E-state index >= 15 is 0 Å². The van der Waals surface area contributed by atoms with Crippen molar-refractivity contribution in [3.05, 3.63) is 0 Å². The van der Waals surface area contributed by atoms with E-state index in [2.05, 4.69) is 0 Å². The van der Waals surface area contributed by atoms with Crippen molar-refractivity contribution in [2.24, 2.45) is 5.73 Å². The van der Waals surface area contributed by atoms with Crippen molar-refractivity contribution < 1.29 is 0 Å². The predicted molar refractivity (Wildman–Crippen MR) is 31.1 cm³/mol. The molecule has 1 aliphatic carbocycles. The van der Waals surface area contributed by atoms with Gasteiger partial charge in [-0.1, -0.05) is 12.8 Å². The van der Waals surface area contributed by atoms with E-state index in [-0.39, 0.29) is 5.44 Å². The molecular formula is C5H10BN. The molecule has 0 aromatic carbocycles. The fourth-order valence-electron chi connectivity index (χ4n) is 1.03. The van der Waals surface area contributed by atoms with E-state index in [0.717, 1.165) is 12.8 Å². The van der Waals surface area contributed by atoms with Gasteiger partial charge in [-0.25, -0.2) is 0 Å². The summed E-state index contributed by atoms with van der Waals surface area (Å²) in [6.07, 6.45) is 4.44. The number of hydrogen-bond acceptors (Lipinski definition) is 1. The fourth-order valence-corrected chi connectivity index (χ4v) is 1.03. The minimum atomic E-state index is -0.306. The summed E-state index contributed by atoms with van der Waals surface area (Å²) in [5.41, 5.74) is 5.25. The summed E-state index contributed by atoms with van der Waals surface area (Å²) in [5, 5.41) is 0. The summed E-state index contributed by atoms with van der Waals surface area (Å²) in [6, 6.07) is 0. The molecule has 0 bridgehead atoms. The Kier molecular flexibility index (Phi) is 1.12. The lowest BCUT2D eigenvalue weighted by Crippen LogP contribution is -2.36. The molecule has 0 spiro atoms. The van der Waals surface area contributed by atoms with Crippen molar-refractivity contribution in [2.75, 3.05) is 0 Å². The number of rotatable bonds is 0. The first-order valence-corrected chi connectivity index (χ1v) is 2.78. The van der Waals surface area contributed by atoms with Crippen LogP contribution < -0.4 is 5.73 Å². The van der Waals surface area contributed by atoms with Crippen LogP contribution in [0, 0.1) is 0 Å². The van der Waals surface area contributed by atoms with Crippen molar-refractivity contribution in [3.63, 3.8) is 0 Å². The van der Waals surface area contributed by atoms with Crippen LogP contribution >= 0.6 is 0 Å². The molecule has 1 aliphatic rings. The van der Waals surface area contributed by atoms with Crippen LogP contribution in [0.25, 0.3) is 0 Å². The highest BCUT2D eigenvalue weighted by Crippen LogP contribution is 2.23. The molecular weight excluding hydrogens is 84.9 g/mol. The molecule has 38 valence electrons. The molecule has 1 fully saturated rings. The van der Waals surface area contributed by atoms with Crippen LogP contribution in [-0.4, -0.2) is 13.3 Å². The molecule has 2 radical (unpaired) electrons. The normalized spacial score (nSPS) is 28.1. The largest absolute Gasteiger partial charge is 0.333 e. The monoisotopic (exact) mass is 95.1 g/mol. The summed E-state index contributed by atoms with van der Waals surface area (Å²) in [7, 11) is 5.56. The third kappa shape index (κ3) is 1.20. The molecule has 2 heteroatoms. The van der Waals surface area contributed by atoms with Crippen LogP contribution in [0.3, 0.4) is 0 Å². The molecule has 1 saturated carbocycles. The Morgan fingerprint density at radius 1 is 1.29 bits per heavy atom. The Bertz CT molecular complexity index is 62.5. The van der Waals surface area contributed by atoms with Crippen LogP contribution in [0.4, 0.5) is 0 Å². The highest BCUT2D eigenvalue weighted by molar-refractivity contribution is 6.15. The molecule has 0 aliphatic heterocycles. The summed E-state index contributed by atoms with van der Waals surface area (Å²) < 4.78 is 0. The first-order chi connectivity index (χ1) is 3.21. The molecule has 0 heterocycles. The molecule has 0 aromatic heterocycles. The lowest BCUT2D eigenvalue weighted by atomic mass is 9.78. The van der Waals surface area contributed by atoms with Crippen molar-refractivity contribution in [1.82, 2.24) is 0 Å². The van der Waals surface area contributed by atoms with Gasteiger partial charge >= 0.3 is 0 Å². The Labute approximate surface area is 45.7 Å². The van der Waals surface area contributed by atoms with Gasteiger partial charge in [0.25, 0.3) is 0 Å². The molecule has 0 saturated heterocycles. The lowest BCUT2D eigenvalue weighted by Gasteiger charge is -2.14. The van der Waals surface area contributed by atoms with Crippen LogP contribution in [0.15, 0.2) is 0 Å². The maximum atomic E-state index is 5.56. The Morgan fingerprint density at radius 3 is 1.86 bits per heavy atom.